The SMILES string of the molecule is C=C(C)CCC(C)C(=O)OCn1c(=O)ccc2ccc(OCCCCN3CCN(c4cccc(Cl)c4Cl)CC3)cc21. The monoisotopic (exact) mass is 599 g/mol. The van der Waals surface area contributed by atoms with Crippen LogP contribution in [0.1, 0.15) is 39.5 Å². The normalized spacial score (nSPS) is 14.7. The highest BCUT2D eigenvalue weighted by molar-refractivity contribution is 6.43. The Hall–Kier alpha value is -3.00. The van der Waals surface area contributed by atoms with Gasteiger partial charge in [-0.1, -0.05) is 41.8 Å². The van der Waals surface area contributed by atoms with Crippen molar-refractivity contribution < 1.29 is 14.3 Å². The summed E-state index contributed by atoms with van der Waals surface area (Å²) in [5, 5.41) is 2.08. The molecule has 1 unspecified atom stereocenters. The average molecular weight is 601 g/mol. The van der Waals surface area contributed by atoms with Crippen LogP contribution in [0.4, 0.5) is 5.69 Å². The molecule has 2 heterocycles. The molecule has 1 aliphatic heterocycles. The highest BCUT2D eigenvalue weighted by Gasteiger charge is 2.19. The van der Waals surface area contributed by atoms with E-state index in [1.807, 2.05) is 50.2 Å². The number of hydrogen-bond donors (Lipinski definition) is 0. The van der Waals surface area contributed by atoms with Crippen molar-refractivity contribution in [1.29, 1.82) is 0 Å². The zero-order chi connectivity index (χ0) is 29.4. The predicted molar refractivity (Wildman–Crippen MR) is 167 cm³/mol. The maximum atomic E-state index is 12.6. The Labute approximate surface area is 252 Å². The lowest BCUT2D eigenvalue weighted by Crippen LogP contribution is -2.46. The van der Waals surface area contributed by atoms with Crippen LogP contribution >= 0.6 is 23.2 Å². The molecule has 0 spiro atoms. The van der Waals surface area contributed by atoms with Gasteiger partial charge in [-0.05, 0) is 74.9 Å². The molecule has 1 fully saturated rings. The molecule has 1 atom stereocenters. The highest BCUT2D eigenvalue weighted by atomic mass is 35.5. The van der Waals surface area contributed by atoms with Gasteiger partial charge in [-0.25, -0.2) is 0 Å². The first kappa shape index (κ1) is 30.9. The minimum atomic E-state index is -0.322. The highest BCUT2D eigenvalue weighted by Crippen LogP contribution is 2.33. The van der Waals surface area contributed by atoms with E-state index in [2.05, 4.69) is 16.4 Å². The lowest BCUT2D eigenvalue weighted by Gasteiger charge is -2.36. The fraction of sp³-hybridized carbons (Fsp3) is 0.438. The Morgan fingerprint density at radius 3 is 2.56 bits per heavy atom. The summed E-state index contributed by atoms with van der Waals surface area (Å²) in [6.07, 6.45) is 3.38. The minimum Gasteiger partial charge on any atom is -0.494 e. The fourth-order valence-electron chi connectivity index (χ4n) is 4.92. The molecule has 0 saturated carbocycles. The molecule has 0 radical (unpaired) electrons. The van der Waals surface area contributed by atoms with Crippen molar-refractivity contribution in [1.82, 2.24) is 9.47 Å². The molecule has 2 aromatic carbocycles. The van der Waals surface area contributed by atoms with Gasteiger partial charge in [-0.2, -0.15) is 0 Å². The summed E-state index contributed by atoms with van der Waals surface area (Å²) in [5.74, 6) is 0.101. The van der Waals surface area contributed by atoms with Gasteiger partial charge in [0.1, 0.15) is 5.75 Å². The summed E-state index contributed by atoms with van der Waals surface area (Å²) < 4.78 is 13.0. The number of rotatable bonds is 13. The topological polar surface area (TPSA) is 64.0 Å². The van der Waals surface area contributed by atoms with E-state index in [0.717, 1.165) is 68.6 Å². The molecular weight excluding hydrogens is 561 g/mol. The number of pyridine rings is 1. The quantitative estimate of drug-likeness (QED) is 0.122. The number of carbonyl (C=O) groups is 1. The Balaban J connectivity index is 1.24. The van der Waals surface area contributed by atoms with E-state index in [9.17, 15) is 9.59 Å². The maximum Gasteiger partial charge on any atom is 0.310 e. The van der Waals surface area contributed by atoms with Gasteiger partial charge < -0.3 is 14.4 Å². The van der Waals surface area contributed by atoms with E-state index in [1.165, 1.54) is 10.6 Å². The van der Waals surface area contributed by atoms with Gasteiger partial charge in [0.2, 0.25) is 0 Å². The number of esters is 1. The second-order valence-electron chi connectivity index (χ2n) is 10.8. The number of halogens is 2. The smallest absolute Gasteiger partial charge is 0.310 e. The molecular formula is C32H39Cl2N3O4. The van der Waals surface area contributed by atoms with Crippen molar-refractivity contribution in [3.63, 3.8) is 0 Å². The van der Waals surface area contributed by atoms with Gasteiger partial charge in [-0.15, -0.1) is 6.58 Å². The van der Waals surface area contributed by atoms with Gasteiger partial charge in [0, 0.05) is 38.3 Å². The van der Waals surface area contributed by atoms with E-state index in [0.29, 0.717) is 34.3 Å². The average Bonchev–Trinajstić information content (AvgIpc) is 2.96. The minimum absolute atomic E-state index is 0.132. The summed E-state index contributed by atoms with van der Waals surface area (Å²) in [4.78, 5) is 29.8. The van der Waals surface area contributed by atoms with E-state index in [1.54, 1.807) is 6.07 Å². The maximum absolute atomic E-state index is 12.6. The lowest BCUT2D eigenvalue weighted by atomic mass is 10.0. The Bertz CT molecular complexity index is 1420. The summed E-state index contributed by atoms with van der Waals surface area (Å²) in [6, 6.07) is 14.7. The number of unbranched alkanes of at least 4 members (excludes halogenated alkanes) is 1. The third kappa shape index (κ3) is 8.51. The van der Waals surface area contributed by atoms with Gasteiger partial charge in [0.05, 0.1) is 33.8 Å². The lowest BCUT2D eigenvalue weighted by molar-refractivity contribution is -0.152. The van der Waals surface area contributed by atoms with E-state index >= 15 is 0 Å². The third-order valence-corrected chi connectivity index (χ3v) is 8.30. The standard InChI is InChI=1S/C32H39Cl2N3O4/c1-23(2)9-10-24(3)32(39)41-22-37-29-21-26(13-11-25(29)12-14-30(37)38)40-20-5-4-15-35-16-18-36(19-17-35)28-8-6-7-27(33)31(28)34/h6-8,11-14,21,24H,1,4-5,9-10,15-20,22H2,2-3H3. The molecule has 220 valence electrons. The van der Waals surface area contributed by atoms with E-state index in [-0.39, 0.29) is 24.2 Å². The van der Waals surface area contributed by atoms with Crippen molar-refractivity contribution in [2.75, 3.05) is 44.2 Å². The van der Waals surface area contributed by atoms with Crippen LogP contribution in [0.5, 0.6) is 5.75 Å². The first-order valence-corrected chi connectivity index (χ1v) is 15.0. The van der Waals surface area contributed by atoms with Crippen LogP contribution in [0.3, 0.4) is 0 Å². The number of carbonyl (C=O) groups excluding carboxylic acids is 1. The summed E-state index contributed by atoms with van der Waals surface area (Å²) in [5.41, 5.74) is 2.48. The van der Waals surface area contributed by atoms with Crippen molar-refractivity contribution in [2.45, 2.75) is 46.3 Å². The number of piperazine rings is 1. The number of nitrogens with zero attached hydrogens (tertiary/aromatic N) is 3. The van der Waals surface area contributed by atoms with Crippen molar-refractivity contribution in [3.8, 4) is 5.75 Å². The number of ether oxygens (including phenoxy) is 2. The first-order valence-electron chi connectivity index (χ1n) is 14.2. The van der Waals surface area contributed by atoms with E-state index < -0.39 is 0 Å². The predicted octanol–water partition coefficient (Wildman–Crippen LogP) is 6.78. The summed E-state index contributed by atoms with van der Waals surface area (Å²) in [7, 11) is 0. The summed E-state index contributed by atoms with van der Waals surface area (Å²) >= 11 is 12.6. The Morgan fingerprint density at radius 2 is 1.80 bits per heavy atom. The molecule has 0 aliphatic carbocycles. The Kier molecular flexibility index (Phi) is 11.1. The van der Waals surface area contributed by atoms with Crippen LogP contribution in [-0.4, -0.2) is 54.8 Å². The zero-order valence-corrected chi connectivity index (χ0v) is 25.4. The molecule has 0 N–H and O–H groups in total. The van der Waals surface area contributed by atoms with Crippen LogP contribution in [0.2, 0.25) is 10.0 Å². The van der Waals surface area contributed by atoms with Crippen LogP contribution < -0.4 is 15.2 Å². The Morgan fingerprint density at radius 1 is 1.05 bits per heavy atom. The molecule has 41 heavy (non-hydrogen) atoms. The van der Waals surface area contributed by atoms with Gasteiger partial charge >= 0.3 is 5.97 Å². The van der Waals surface area contributed by atoms with Gasteiger partial charge in [0.25, 0.3) is 5.56 Å². The molecule has 4 rings (SSSR count). The number of anilines is 1. The van der Waals surface area contributed by atoms with E-state index in [4.69, 9.17) is 32.7 Å². The zero-order valence-electron chi connectivity index (χ0n) is 23.9. The number of hydrogen-bond acceptors (Lipinski definition) is 6. The largest absolute Gasteiger partial charge is 0.494 e. The molecule has 1 aromatic heterocycles. The van der Waals surface area contributed by atoms with Crippen molar-refractivity contribution in [2.24, 2.45) is 5.92 Å². The molecule has 9 heteroatoms. The van der Waals surface area contributed by atoms with Crippen LogP contribution in [0, 0.1) is 5.92 Å². The van der Waals surface area contributed by atoms with Crippen molar-refractivity contribution >= 4 is 45.8 Å². The molecule has 3 aromatic rings. The molecule has 1 aliphatic rings. The summed E-state index contributed by atoms with van der Waals surface area (Å²) in [6.45, 7) is 12.9. The third-order valence-electron chi connectivity index (χ3n) is 7.49. The fourth-order valence-corrected chi connectivity index (χ4v) is 5.33. The molecule has 7 nitrogen and oxygen atoms in total. The second-order valence-corrected chi connectivity index (χ2v) is 11.6. The van der Waals surface area contributed by atoms with Crippen LogP contribution in [-0.2, 0) is 16.3 Å². The van der Waals surface area contributed by atoms with Crippen LogP contribution in [0.25, 0.3) is 10.9 Å². The number of aromatic nitrogens is 1. The molecule has 1 saturated heterocycles. The molecule has 0 bridgehead atoms. The van der Waals surface area contributed by atoms with Gasteiger partial charge in [0.15, 0.2) is 6.73 Å². The van der Waals surface area contributed by atoms with Gasteiger partial charge in [-0.3, -0.25) is 19.1 Å². The number of allylic oxidation sites excluding steroid dienone is 1. The molecule has 0 amide bonds. The number of fused-ring (bicyclic) bond motifs is 1. The van der Waals surface area contributed by atoms with Crippen molar-refractivity contribution in [3.05, 3.63) is 81.1 Å². The second kappa shape index (κ2) is 14.8. The number of benzene rings is 2. The van der Waals surface area contributed by atoms with Crippen LogP contribution in [0.15, 0.2) is 65.5 Å². The first-order chi connectivity index (χ1) is 19.7.